The lowest BCUT2D eigenvalue weighted by atomic mass is 10.0. The smallest absolute Gasteiger partial charge is 0.306 e. The molecule has 0 aromatic heterocycles. The van der Waals surface area contributed by atoms with Crippen LogP contribution in [0.2, 0.25) is 0 Å². The summed E-state index contributed by atoms with van der Waals surface area (Å²) in [6.07, 6.45) is 83.5. The minimum absolute atomic E-state index is 0.0713. The Kier molecular flexibility index (Phi) is 65.1. The van der Waals surface area contributed by atoms with Gasteiger partial charge in [-0.3, -0.25) is 14.4 Å². The van der Waals surface area contributed by atoms with Crippen molar-refractivity contribution in [2.45, 2.75) is 393 Å². The molecule has 0 amide bonds. The first-order valence-corrected chi connectivity index (χ1v) is 35.0. The molecule has 0 heterocycles. The zero-order valence-corrected chi connectivity index (χ0v) is 52.7. The monoisotopic (exact) mass is 1100 g/mol. The third-order valence-corrected chi connectivity index (χ3v) is 15.9. The molecule has 6 nitrogen and oxygen atoms in total. The predicted molar refractivity (Wildman–Crippen MR) is 339 cm³/mol. The third-order valence-electron chi connectivity index (χ3n) is 15.9. The van der Waals surface area contributed by atoms with Crippen molar-refractivity contribution in [2.75, 3.05) is 13.2 Å². The number of unbranched alkanes of at least 4 members (excludes halogenated alkanes) is 48. The highest BCUT2D eigenvalue weighted by Crippen LogP contribution is 2.19. The molecule has 0 saturated heterocycles. The molecule has 0 aromatic carbocycles. The first-order valence-electron chi connectivity index (χ1n) is 35.0. The number of carbonyl (C=O) groups is 3. The van der Waals surface area contributed by atoms with Gasteiger partial charge >= 0.3 is 17.9 Å². The average Bonchev–Trinajstić information content (AvgIpc) is 3.44. The summed E-state index contributed by atoms with van der Waals surface area (Å²) in [5.74, 6) is -0.861. The van der Waals surface area contributed by atoms with Crippen LogP contribution in [0.1, 0.15) is 387 Å². The second kappa shape index (κ2) is 67.1. The normalized spacial score (nSPS) is 12.2. The van der Waals surface area contributed by atoms with E-state index in [-0.39, 0.29) is 31.1 Å². The fraction of sp³-hybridized carbons (Fsp3) is 0.875. The minimum atomic E-state index is -0.774. The molecular formula is C72H134O6. The van der Waals surface area contributed by atoms with Crippen LogP contribution >= 0.6 is 0 Å². The topological polar surface area (TPSA) is 78.9 Å². The highest BCUT2D eigenvalue weighted by Gasteiger charge is 2.19. The average molecular weight is 1100 g/mol. The van der Waals surface area contributed by atoms with Gasteiger partial charge in [0.05, 0.1) is 0 Å². The largest absolute Gasteiger partial charge is 0.462 e. The summed E-state index contributed by atoms with van der Waals surface area (Å²) in [6, 6.07) is 0. The maximum absolute atomic E-state index is 12.9. The number of rotatable bonds is 65. The number of esters is 3. The fourth-order valence-electron chi connectivity index (χ4n) is 10.7. The SMILES string of the molecule is CC/C=C\C/C=C\C/C=C\CCCCCCCCCC(=O)OC(COC(=O)CCCCCCCCCCC)COC(=O)CCCCCCCCCCCCCCCCCCCCCCCCCCCCCCCCCCCC. The first kappa shape index (κ1) is 75.6. The van der Waals surface area contributed by atoms with Gasteiger partial charge in [-0.25, -0.2) is 0 Å². The van der Waals surface area contributed by atoms with E-state index in [9.17, 15) is 14.4 Å². The molecule has 0 N–H and O–H groups in total. The second-order valence-electron chi connectivity index (χ2n) is 23.8. The molecule has 78 heavy (non-hydrogen) atoms. The molecule has 0 aliphatic heterocycles. The van der Waals surface area contributed by atoms with Gasteiger partial charge < -0.3 is 14.2 Å². The zero-order valence-electron chi connectivity index (χ0n) is 52.7. The summed E-state index contributed by atoms with van der Waals surface area (Å²) >= 11 is 0. The molecule has 458 valence electrons. The van der Waals surface area contributed by atoms with Crippen molar-refractivity contribution in [1.29, 1.82) is 0 Å². The van der Waals surface area contributed by atoms with Crippen molar-refractivity contribution in [3.8, 4) is 0 Å². The zero-order chi connectivity index (χ0) is 56.4. The van der Waals surface area contributed by atoms with Gasteiger partial charge in [-0.05, 0) is 51.4 Å². The Bertz CT molecular complexity index is 1300. The van der Waals surface area contributed by atoms with E-state index >= 15 is 0 Å². The minimum Gasteiger partial charge on any atom is -0.462 e. The Morgan fingerprint density at radius 3 is 0.782 bits per heavy atom. The lowest BCUT2D eigenvalue weighted by Crippen LogP contribution is -2.30. The molecule has 1 atom stereocenters. The molecule has 0 saturated carbocycles. The molecule has 6 heteroatoms. The van der Waals surface area contributed by atoms with Crippen molar-refractivity contribution in [3.63, 3.8) is 0 Å². The molecule has 0 radical (unpaired) electrons. The van der Waals surface area contributed by atoms with E-state index in [1.54, 1.807) is 0 Å². The van der Waals surface area contributed by atoms with Gasteiger partial charge in [-0.2, -0.15) is 0 Å². The quantitative estimate of drug-likeness (QED) is 0.0261. The van der Waals surface area contributed by atoms with Crippen LogP contribution in [0.5, 0.6) is 0 Å². The van der Waals surface area contributed by atoms with Gasteiger partial charge in [0.25, 0.3) is 0 Å². The van der Waals surface area contributed by atoms with Crippen LogP contribution in [0.25, 0.3) is 0 Å². The molecule has 0 spiro atoms. The van der Waals surface area contributed by atoms with Crippen LogP contribution in [0.3, 0.4) is 0 Å². The summed E-state index contributed by atoms with van der Waals surface area (Å²) in [5.41, 5.74) is 0. The Balaban J connectivity index is 3.99. The maximum atomic E-state index is 12.9. The summed E-state index contributed by atoms with van der Waals surface area (Å²) < 4.78 is 16.9. The molecule has 0 rings (SSSR count). The summed E-state index contributed by atoms with van der Waals surface area (Å²) in [5, 5.41) is 0. The summed E-state index contributed by atoms with van der Waals surface area (Å²) in [7, 11) is 0. The second-order valence-corrected chi connectivity index (χ2v) is 23.8. The van der Waals surface area contributed by atoms with Gasteiger partial charge in [-0.15, -0.1) is 0 Å². The first-order chi connectivity index (χ1) is 38.5. The van der Waals surface area contributed by atoms with E-state index in [0.717, 1.165) is 83.5 Å². The van der Waals surface area contributed by atoms with E-state index in [0.29, 0.717) is 19.3 Å². The number of hydrogen-bond acceptors (Lipinski definition) is 6. The Morgan fingerprint density at radius 1 is 0.269 bits per heavy atom. The fourth-order valence-corrected chi connectivity index (χ4v) is 10.7. The molecular weight excluding hydrogens is 961 g/mol. The van der Waals surface area contributed by atoms with Crippen molar-refractivity contribution in [2.24, 2.45) is 0 Å². The highest BCUT2D eigenvalue weighted by atomic mass is 16.6. The van der Waals surface area contributed by atoms with Gasteiger partial charge in [0.2, 0.25) is 0 Å². The van der Waals surface area contributed by atoms with Crippen molar-refractivity contribution >= 4 is 17.9 Å². The Labute approximate surface area is 486 Å². The summed E-state index contributed by atoms with van der Waals surface area (Å²) in [6.45, 7) is 6.56. The Hall–Kier alpha value is -2.37. The summed E-state index contributed by atoms with van der Waals surface area (Å²) in [4.78, 5) is 38.2. The van der Waals surface area contributed by atoms with E-state index < -0.39 is 6.10 Å². The number of carbonyl (C=O) groups excluding carboxylic acids is 3. The molecule has 0 fully saturated rings. The van der Waals surface area contributed by atoms with Crippen LogP contribution in [0.15, 0.2) is 36.5 Å². The molecule has 0 aromatic rings. The van der Waals surface area contributed by atoms with E-state index in [1.165, 1.54) is 263 Å². The van der Waals surface area contributed by atoms with Crippen LogP contribution in [-0.4, -0.2) is 37.2 Å². The molecule has 0 aliphatic rings. The van der Waals surface area contributed by atoms with Gasteiger partial charge in [0.1, 0.15) is 13.2 Å². The van der Waals surface area contributed by atoms with Crippen molar-refractivity contribution in [3.05, 3.63) is 36.5 Å². The van der Waals surface area contributed by atoms with E-state index in [4.69, 9.17) is 14.2 Å². The number of hydrogen-bond donors (Lipinski definition) is 0. The van der Waals surface area contributed by atoms with Gasteiger partial charge in [-0.1, -0.05) is 353 Å². The highest BCUT2D eigenvalue weighted by molar-refractivity contribution is 5.71. The van der Waals surface area contributed by atoms with Crippen LogP contribution in [-0.2, 0) is 28.6 Å². The molecule has 0 aliphatic carbocycles. The van der Waals surface area contributed by atoms with Gasteiger partial charge in [0, 0.05) is 19.3 Å². The van der Waals surface area contributed by atoms with Crippen molar-refractivity contribution < 1.29 is 28.6 Å². The Morgan fingerprint density at radius 2 is 0.500 bits per heavy atom. The van der Waals surface area contributed by atoms with Gasteiger partial charge in [0.15, 0.2) is 6.10 Å². The number of allylic oxidation sites excluding steroid dienone is 6. The maximum Gasteiger partial charge on any atom is 0.306 e. The van der Waals surface area contributed by atoms with E-state index in [1.807, 2.05) is 0 Å². The van der Waals surface area contributed by atoms with Crippen LogP contribution in [0, 0.1) is 0 Å². The van der Waals surface area contributed by atoms with Crippen molar-refractivity contribution in [1.82, 2.24) is 0 Å². The van der Waals surface area contributed by atoms with E-state index in [2.05, 4.69) is 57.2 Å². The predicted octanol–water partition coefficient (Wildman–Crippen LogP) is 23.9. The lowest BCUT2D eigenvalue weighted by Gasteiger charge is -2.18. The lowest BCUT2D eigenvalue weighted by molar-refractivity contribution is -0.167. The third kappa shape index (κ3) is 64.5. The molecule has 0 bridgehead atoms. The molecule has 1 unspecified atom stereocenters. The number of ether oxygens (including phenoxy) is 3. The van der Waals surface area contributed by atoms with Crippen LogP contribution < -0.4 is 0 Å². The standard InChI is InChI=1S/C72H134O6/c1-4-7-10-13-16-19-21-23-25-27-28-29-30-31-32-33-34-35-36-37-38-39-40-41-42-43-45-46-48-50-53-56-59-62-65-71(74)77-68-69(67-76-70(73)64-61-58-55-52-18-15-12-9-6-3)78-72(75)66-63-60-57-54-51-49-47-44-26-24-22-20-17-14-11-8-5-2/h8,11,17,20,24,26,69H,4-7,9-10,12-16,18-19,21-23,25,27-68H2,1-3H3/b11-8-,20-17-,26-24-. The van der Waals surface area contributed by atoms with Crippen LogP contribution in [0.4, 0.5) is 0 Å².